The van der Waals surface area contributed by atoms with E-state index >= 15 is 0 Å². The Morgan fingerprint density at radius 2 is 2.29 bits per heavy atom. The van der Waals surface area contributed by atoms with E-state index in [2.05, 4.69) is 10.1 Å². The van der Waals surface area contributed by atoms with Crippen LogP contribution in [0.5, 0.6) is 0 Å². The van der Waals surface area contributed by atoms with Gasteiger partial charge in [-0.1, -0.05) is 11.6 Å². The summed E-state index contributed by atoms with van der Waals surface area (Å²) in [4.78, 5) is 4.44. The van der Waals surface area contributed by atoms with Gasteiger partial charge < -0.3 is 10.3 Å². The molecule has 0 saturated heterocycles. The van der Waals surface area contributed by atoms with E-state index in [1.54, 1.807) is 0 Å². The lowest BCUT2D eigenvalue weighted by atomic mass is 9.86. The molecule has 2 fully saturated rings. The van der Waals surface area contributed by atoms with Crippen LogP contribution < -0.4 is 5.73 Å². The molecule has 2 aliphatic rings. The maximum absolute atomic E-state index is 5.73. The van der Waals surface area contributed by atoms with Crippen molar-refractivity contribution in [3.8, 4) is 0 Å². The van der Waals surface area contributed by atoms with Crippen molar-refractivity contribution in [2.45, 2.75) is 51.5 Å². The first-order chi connectivity index (χ1) is 8.20. The zero-order valence-electron chi connectivity index (χ0n) is 10.4. The van der Waals surface area contributed by atoms with Gasteiger partial charge in [-0.15, -0.1) is 0 Å². The molecular formula is C13H21N3O. The van der Waals surface area contributed by atoms with E-state index in [1.165, 1.54) is 25.7 Å². The third-order valence-corrected chi connectivity index (χ3v) is 4.34. The van der Waals surface area contributed by atoms with Gasteiger partial charge in [0.25, 0.3) is 0 Å². The van der Waals surface area contributed by atoms with Gasteiger partial charge in [-0.3, -0.25) is 0 Å². The van der Waals surface area contributed by atoms with E-state index in [-0.39, 0.29) is 6.04 Å². The van der Waals surface area contributed by atoms with E-state index in [9.17, 15) is 0 Å². The number of rotatable bonds is 4. The predicted octanol–water partition coefficient (Wildman–Crippen LogP) is 1.94. The maximum Gasteiger partial charge on any atom is 0.226 e. The molecule has 4 nitrogen and oxygen atoms in total. The topological polar surface area (TPSA) is 64.9 Å². The minimum absolute atomic E-state index is 0.0999. The fourth-order valence-corrected chi connectivity index (χ4v) is 3.59. The molecule has 4 atom stereocenters. The lowest BCUT2D eigenvalue weighted by Crippen LogP contribution is -2.18. The second kappa shape index (κ2) is 4.41. The van der Waals surface area contributed by atoms with Crippen LogP contribution in [0.1, 0.15) is 44.3 Å². The Kier molecular flexibility index (Phi) is 2.90. The minimum Gasteiger partial charge on any atom is -0.339 e. The monoisotopic (exact) mass is 235 g/mol. The van der Waals surface area contributed by atoms with Crippen LogP contribution in [-0.2, 0) is 12.8 Å². The second-order valence-electron chi connectivity index (χ2n) is 5.92. The highest BCUT2D eigenvalue weighted by Gasteiger charge is 2.39. The fourth-order valence-electron chi connectivity index (χ4n) is 3.59. The molecular weight excluding hydrogens is 214 g/mol. The van der Waals surface area contributed by atoms with Crippen molar-refractivity contribution in [3.05, 3.63) is 11.7 Å². The average Bonchev–Trinajstić information content (AvgIpc) is 2.94. The van der Waals surface area contributed by atoms with Crippen LogP contribution in [0.25, 0.3) is 0 Å². The highest BCUT2D eigenvalue weighted by atomic mass is 16.5. The molecule has 1 heterocycles. The molecule has 2 saturated carbocycles. The first-order valence-corrected chi connectivity index (χ1v) is 6.77. The maximum atomic E-state index is 5.73. The largest absolute Gasteiger partial charge is 0.339 e. The van der Waals surface area contributed by atoms with Gasteiger partial charge in [0.2, 0.25) is 5.89 Å². The summed E-state index contributed by atoms with van der Waals surface area (Å²) in [6.45, 7) is 1.96. The van der Waals surface area contributed by atoms with Crippen molar-refractivity contribution in [2.24, 2.45) is 23.5 Å². The van der Waals surface area contributed by atoms with E-state index in [1.807, 2.05) is 6.92 Å². The Bertz CT molecular complexity index is 388. The van der Waals surface area contributed by atoms with Gasteiger partial charge in [0, 0.05) is 18.9 Å². The molecule has 0 radical (unpaired) electrons. The summed E-state index contributed by atoms with van der Waals surface area (Å²) in [6, 6.07) is 0.0999. The summed E-state index contributed by atoms with van der Waals surface area (Å²) in [5, 5.41) is 3.99. The number of nitrogens with zero attached hydrogens (tertiary/aromatic N) is 2. The highest BCUT2D eigenvalue weighted by molar-refractivity contribution is 4.96. The number of aromatic nitrogens is 2. The standard InChI is InChI=1S/C13H21N3O/c1-8(14)4-12-15-13(17-16-12)7-11-6-9-2-3-10(11)5-9/h8-11H,2-7,14H2,1H3. The van der Waals surface area contributed by atoms with Crippen molar-refractivity contribution in [1.82, 2.24) is 10.1 Å². The van der Waals surface area contributed by atoms with E-state index in [4.69, 9.17) is 10.3 Å². The zero-order valence-corrected chi connectivity index (χ0v) is 10.4. The minimum atomic E-state index is 0.0999. The van der Waals surface area contributed by atoms with Crippen molar-refractivity contribution in [1.29, 1.82) is 0 Å². The molecule has 2 aliphatic carbocycles. The summed E-state index contributed by atoms with van der Waals surface area (Å²) in [7, 11) is 0. The van der Waals surface area contributed by atoms with Crippen LogP contribution in [0.3, 0.4) is 0 Å². The summed E-state index contributed by atoms with van der Waals surface area (Å²) in [5.41, 5.74) is 5.73. The molecule has 0 aliphatic heterocycles. The Morgan fingerprint density at radius 3 is 2.94 bits per heavy atom. The van der Waals surface area contributed by atoms with Crippen LogP contribution in [0.2, 0.25) is 0 Å². The van der Waals surface area contributed by atoms with Crippen molar-refractivity contribution >= 4 is 0 Å². The van der Waals surface area contributed by atoms with Crippen molar-refractivity contribution in [2.75, 3.05) is 0 Å². The van der Waals surface area contributed by atoms with Gasteiger partial charge in [0.1, 0.15) is 0 Å². The molecule has 0 amide bonds. The van der Waals surface area contributed by atoms with E-state index < -0.39 is 0 Å². The lowest BCUT2D eigenvalue weighted by Gasteiger charge is -2.19. The molecule has 2 bridgehead atoms. The van der Waals surface area contributed by atoms with Crippen LogP contribution >= 0.6 is 0 Å². The van der Waals surface area contributed by atoms with Gasteiger partial charge in [0.05, 0.1) is 0 Å². The molecule has 17 heavy (non-hydrogen) atoms. The predicted molar refractivity (Wildman–Crippen MR) is 64.3 cm³/mol. The molecule has 3 rings (SSSR count). The molecule has 0 spiro atoms. The SMILES string of the molecule is CC(N)Cc1noc(CC2CC3CCC2C3)n1. The normalized spacial score (nSPS) is 33.2. The average molecular weight is 235 g/mol. The second-order valence-corrected chi connectivity index (χ2v) is 5.92. The summed E-state index contributed by atoms with van der Waals surface area (Å²) in [5.74, 6) is 4.27. The zero-order chi connectivity index (χ0) is 11.8. The Morgan fingerprint density at radius 1 is 1.41 bits per heavy atom. The van der Waals surface area contributed by atoms with Crippen molar-refractivity contribution in [3.63, 3.8) is 0 Å². The van der Waals surface area contributed by atoms with Gasteiger partial charge in [-0.2, -0.15) is 4.98 Å². The van der Waals surface area contributed by atoms with Gasteiger partial charge in [-0.05, 0) is 43.9 Å². The van der Waals surface area contributed by atoms with Gasteiger partial charge in [-0.25, -0.2) is 0 Å². The fraction of sp³-hybridized carbons (Fsp3) is 0.846. The van der Waals surface area contributed by atoms with Crippen LogP contribution in [0, 0.1) is 17.8 Å². The summed E-state index contributed by atoms with van der Waals surface area (Å²) in [6.07, 6.45) is 7.35. The Hall–Kier alpha value is -0.900. The molecule has 1 aromatic rings. The summed E-state index contributed by atoms with van der Waals surface area (Å²) < 4.78 is 5.32. The number of hydrogen-bond acceptors (Lipinski definition) is 4. The molecule has 4 unspecified atom stereocenters. The van der Waals surface area contributed by atoms with Crippen LogP contribution in [0.4, 0.5) is 0 Å². The smallest absolute Gasteiger partial charge is 0.226 e. The van der Waals surface area contributed by atoms with Crippen LogP contribution in [-0.4, -0.2) is 16.2 Å². The van der Waals surface area contributed by atoms with E-state index in [0.29, 0.717) is 6.42 Å². The van der Waals surface area contributed by atoms with Crippen LogP contribution in [0.15, 0.2) is 4.52 Å². The third kappa shape index (κ3) is 2.37. The molecule has 2 N–H and O–H groups in total. The molecule has 94 valence electrons. The third-order valence-electron chi connectivity index (χ3n) is 4.34. The molecule has 1 aromatic heterocycles. The van der Waals surface area contributed by atoms with E-state index in [0.717, 1.165) is 35.9 Å². The quantitative estimate of drug-likeness (QED) is 0.866. The highest BCUT2D eigenvalue weighted by Crippen LogP contribution is 2.49. The molecule has 0 aromatic carbocycles. The molecule has 4 heteroatoms. The Labute approximate surface area is 102 Å². The first-order valence-electron chi connectivity index (χ1n) is 6.77. The Balaban J connectivity index is 1.60. The summed E-state index contributed by atoms with van der Waals surface area (Å²) >= 11 is 0. The van der Waals surface area contributed by atoms with Crippen molar-refractivity contribution < 1.29 is 4.52 Å². The lowest BCUT2D eigenvalue weighted by molar-refractivity contribution is 0.287. The number of hydrogen-bond donors (Lipinski definition) is 1. The number of fused-ring (bicyclic) bond motifs is 2. The van der Waals surface area contributed by atoms with Gasteiger partial charge >= 0.3 is 0 Å². The number of nitrogens with two attached hydrogens (primary N) is 1. The van der Waals surface area contributed by atoms with Gasteiger partial charge in [0.15, 0.2) is 5.82 Å². The first kappa shape index (κ1) is 11.2.